The largest absolute Gasteiger partial charge is 0.423 e. The maximum atomic E-state index is 11.4. The Morgan fingerprint density at radius 1 is 0.629 bits per heavy atom. The maximum absolute atomic E-state index is 11.4. The Hall–Kier alpha value is -4.20. The van der Waals surface area contributed by atoms with Crippen LogP contribution in [0.3, 0.4) is 0 Å². The third kappa shape index (κ3) is 7.67. The molecule has 0 radical (unpaired) electrons. The van der Waals surface area contributed by atoms with Gasteiger partial charge < -0.3 is 18.9 Å². The van der Waals surface area contributed by atoms with E-state index in [0.717, 1.165) is 28.7 Å². The van der Waals surface area contributed by atoms with Gasteiger partial charge in [0, 0.05) is 27.7 Å². The van der Waals surface area contributed by atoms with Gasteiger partial charge in [-0.25, -0.2) is 0 Å². The first kappa shape index (κ1) is 25.4. The maximum Gasteiger partial charge on any atom is 0.308 e. The number of carbonyl (C=O) groups is 4. The Bertz CT molecular complexity index is 1240. The highest BCUT2D eigenvalue weighted by Crippen LogP contribution is 2.33. The van der Waals surface area contributed by atoms with Crippen LogP contribution in [0.1, 0.15) is 45.2 Å². The molecule has 0 saturated carbocycles. The van der Waals surface area contributed by atoms with Crippen molar-refractivity contribution in [1.82, 2.24) is 0 Å². The fraction of sp³-hybridized carbons (Fsp3) is 0.259. The lowest BCUT2D eigenvalue weighted by molar-refractivity contribution is -0.134. The molecule has 0 fully saturated rings. The lowest BCUT2D eigenvalue weighted by Crippen LogP contribution is -2.07. The van der Waals surface area contributed by atoms with Crippen LogP contribution < -0.4 is 18.9 Å². The summed E-state index contributed by atoms with van der Waals surface area (Å²) in [7, 11) is 0. The van der Waals surface area contributed by atoms with E-state index in [1.807, 2.05) is 12.1 Å². The molecule has 1 aliphatic rings. The molecule has 35 heavy (non-hydrogen) atoms. The van der Waals surface area contributed by atoms with Gasteiger partial charge in [0.25, 0.3) is 0 Å². The zero-order valence-electron chi connectivity index (χ0n) is 20.0. The molecule has 2 aromatic rings. The van der Waals surface area contributed by atoms with Crippen LogP contribution in [0.15, 0.2) is 59.7 Å². The van der Waals surface area contributed by atoms with Crippen LogP contribution >= 0.6 is 0 Å². The van der Waals surface area contributed by atoms with Crippen molar-refractivity contribution >= 4 is 23.9 Å². The highest BCUT2D eigenvalue weighted by atomic mass is 16.6. The molecule has 0 saturated heterocycles. The second-order valence-corrected chi connectivity index (χ2v) is 8.08. The summed E-state index contributed by atoms with van der Waals surface area (Å²) in [4.78, 5) is 45.5. The minimum absolute atomic E-state index is 0.189. The van der Waals surface area contributed by atoms with E-state index in [9.17, 15) is 19.2 Å². The Balaban J connectivity index is 1.73. The summed E-state index contributed by atoms with van der Waals surface area (Å²) in [6.45, 7) is 5.12. The van der Waals surface area contributed by atoms with E-state index in [1.54, 1.807) is 24.3 Å². The first-order valence-electron chi connectivity index (χ1n) is 11.0. The van der Waals surface area contributed by atoms with E-state index in [-0.39, 0.29) is 23.0 Å². The average Bonchev–Trinajstić information content (AvgIpc) is 3.17. The lowest BCUT2D eigenvalue weighted by atomic mass is 10.0. The monoisotopic (exact) mass is 478 g/mol. The molecule has 0 heterocycles. The van der Waals surface area contributed by atoms with Gasteiger partial charge >= 0.3 is 23.9 Å². The second-order valence-electron chi connectivity index (χ2n) is 8.08. The molecule has 182 valence electrons. The first-order chi connectivity index (χ1) is 16.6. The van der Waals surface area contributed by atoms with Crippen molar-refractivity contribution in [3.8, 4) is 23.0 Å². The standard InChI is InChI=1S/C27H26O8/c1-16(28)32-24-9-7-22(14-26(24)34-18(3)30)12-20-5-6-21(11-20)13-23-8-10-25(33-17(2)29)27(15-23)35-19(4)31/h5,7-11,14-15H,6,12-13H2,1-4H3. The molecule has 0 unspecified atom stereocenters. The van der Waals surface area contributed by atoms with Crippen molar-refractivity contribution in [2.45, 2.75) is 47.0 Å². The van der Waals surface area contributed by atoms with Crippen molar-refractivity contribution in [3.05, 3.63) is 70.8 Å². The summed E-state index contributed by atoms with van der Waals surface area (Å²) < 4.78 is 20.6. The summed E-state index contributed by atoms with van der Waals surface area (Å²) >= 11 is 0. The third-order valence-electron chi connectivity index (χ3n) is 4.89. The van der Waals surface area contributed by atoms with Crippen LogP contribution in [0, 0.1) is 0 Å². The highest BCUT2D eigenvalue weighted by Gasteiger charge is 2.15. The number of benzene rings is 2. The minimum atomic E-state index is -0.509. The molecule has 0 amide bonds. The molecule has 1 aliphatic carbocycles. The van der Waals surface area contributed by atoms with Gasteiger partial charge in [0.05, 0.1) is 0 Å². The van der Waals surface area contributed by atoms with Crippen molar-refractivity contribution in [3.63, 3.8) is 0 Å². The number of carbonyl (C=O) groups excluding carboxylic acids is 4. The molecule has 2 aromatic carbocycles. The van der Waals surface area contributed by atoms with E-state index in [0.29, 0.717) is 12.8 Å². The van der Waals surface area contributed by atoms with Gasteiger partial charge in [0.2, 0.25) is 0 Å². The van der Waals surface area contributed by atoms with Crippen molar-refractivity contribution in [1.29, 1.82) is 0 Å². The molecule has 3 rings (SSSR count). The Labute approximate surface area is 203 Å². The molecule has 0 atom stereocenters. The van der Waals surface area contributed by atoms with Gasteiger partial charge in [-0.15, -0.1) is 0 Å². The van der Waals surface area contributed by atoms with Crippen LogP contribution in [-0.2, 0) is 32.0 Å². The Morgan fingerprint density at radius 2 is 1.06 bits per heavy atom. The van der Waals surface area contributed by atoms with Gasteiger partial charge in [-0.05, 0) is 60.2 Å². The van der Waals surface area contributed by atoms with Crippen LogP contribution in [0.4, 0.5) is 0 Å². The third-order valence-corrected chi connectivity index (χ3v) is 4.89. The average molecular weight is 478 g/mol. The zero-order chi connectivity index (χ0) is 25.5. The van der Waals surface area contributed by atoms with Gasteiger partial charge in [0.1, 0.15) is 0 Å². The van der Waals surface area contributed by atoms with Crippen LogP contribution in [0.5, 0.6) is 23.0 Å². The number of allylic oxidation sites excluding steroid dienone is 4. The predicted octanol–water partition coefficient (Wildman–Crippen LogP) is 4.43. The summed E-state index contributed by atoms with van der Waals surface area (Å²) in [5.74, 6) is -1.25. The SMILES string of the molecule is CC(=O)Oc1ccc(CC2=CCC(Cc3ccc(OC(C)=O)c(OC(C)=O)c3)=C2)cc1OC(C)=O. The molecule has 0 spiro atoms. The molecule has 8 heteroatoms. The smallest absolute Gasteiger partial charge is 0.308 e. The van der Waals surface area contributed by atoms with Crippen molar-refractivity contribution in [2.75, 3.05) is 0 Å². The number of ether oxygens (including phenoxy) is 4. The zero-order valence-corrected chi connectivity index (χ0v) is 20.0. The minimum Gasteiger partial charge on any atom is -0.423 e. The van der Waals surface area contributed by atoms with E-state index < -0.39 is 23.9 Å². The molecule has 0 bridgehead atoms. The summed E-state index contributed by atoms with van der Waals surface area (Å²) in [6, 6.07) is 10.2. The van der Waals surface area contributed by atoms with Crippen molar-refractivity contribution < 1.29 is 38.1 Å². The molecule has 0 aromatic heterocycles. The van der Waals surface area contributed by atoms with Gasteiger partial charge in [0.15, 0.2) is 23.0 Å². The normalized spacial score (nSPS) is 12.3. The first-order valence-corrected chi connectivity index (χ1v) is 11.0. The number of rotatable bonds is 8. The van der Waals surface area contributed by atoms with Gasteiger partial charge in [-0.2, -0.15) is 0 Å². The van der Waals surface area contributed by atoms with Gasteiger partial charge in [-0.1, -0.05) is 29.9 Å². The fourth-order valence-corrected chi connectivity index (χ4v) is 3.66. The van der Waals surface area contributed by atoms with E-state index >= 15 is 0 Å². The topological polar surface area (TPSA) is 105 Å². The van der Waals surface area contributed by atoms with E-state index in [1.165, 1.54) is 27.7 Å². The lowest BCUT2D eigenvalue weighted by Gasteiger charge is -2.11. The number of hydrogen-bond donors (Lipinski definition) is 0. The van der Waals surface area contributed by atoms with Crippen LogP contribution in [0.25, 0.3) is 0 Å². The molecule has 8 nitrogen and oxygen atoms in total. The molecule has 0 aliphatic heterocycles. The molecular formula is C27H26O8. The number of esters is 4. The Morgan fingerprint density at radius 3 is 1.51 bits per heavy atom. The fourth-order valence-electron chi connectivity index (χ4n) is 3.66. The van der Waals surface area contributed by atoms with Gasteiger partial charge in [-0.3, -0.25) is 19.2 Å². The molecular weight excluding hydrogens is 452 g/mol. The molecule has 0 N–H and O–H groups in total. The predicted molar refractivity (Wildman–Crippen MR) is 126 cm³/mol. The number of hydrogen-bond acceptors (Lipinski definition) is 8. The summed E-state index contributed by atoms with van der Waals surface area (Å²) in [6.07, 6.45) is 6.19. The quantitative estimate of drug-likeness (QED) is 0.405. The van der Waals surface area contributed by atoms with Crippen molar-refractivity contribution in [2.24, 2.45) is 0 Å². The second kappa shape index (κ2) is 11.3. The summed E-state index contributed by atoms with van der Waals surface area (Å²) in [5.41, 5.74) is 4.04. The van der Waals surface area contributed by atoms with Crippen LogP contribution in [-0.4, -0.2) is 23.9 Å². The Kier molecular flexibility index (Phi) is 8.20. The summed E-state index contributed by atoms with van der Waals surface area (Å²) in [5, 5.41) is 0. The highest BCUT2D eigenvalue weighted by molar-refractivity contribution is 5.74. The van der Waals surface area contributed by atoms with Crippen LogP contribution in [0.2, 0.25) is 0 Å². The van der Waals surface area contributed by atoms with E-state index in [2.05, 4.69) is 12.2 Å². The van der Waals surface area contributed by atoms with E-state index in [4.69, 9.17) is 18.9 Å².